The first-order valence-corrected chi connectivity index (χ1v) is 6.21. The van der Waals surface area contributed by atoms with Crippen LogP contribution < -0.4 is 0 Å². The summed E-state index contributed by atoms with van der Waals surface area (Å²) < 4.78 is 0. The lowest BCUT2D eigenvalue weighted by atomic mass is 9.86. The standard InChI is InChI=1S/C14H29NO/c1-11(14(5,6)7)15(8)12(16)9-10-13(2,3)4/h11H,9-10H2,1-8H3/t11-/m0/s1. The molecule has 0 aromatic carbocycles. The lowest BCUT2D eigenvalue weighted by Crippen LogP contribution is -2.43. The van der Waals surface area contributed by atoms with E-state index in [9.17, 15) is 4.79 Å². The average Bonchev–Trinajstić information content (AvgIpc) is 2.09. The van der Waals surface area contributed by atoms with Crippen molar-refractivity contribution < 1.29 is 4.79 Å². The second kappa shape index (κ2) is 5.20. The van der Waals surface area contributed by atoms with Gasteiger partial charge < -0.3 is 4.90 Å². The van der Waals surface area contributed by atoms with Gasteiger partial charge in [0.25, 0.3) is 0 Å². The van der Waals surface area contributed by atoms with E-state index in [1.54, 1.807) is 0 Å². The average molecular weight is 227 g/mol. The molecular formula is C14H29NO. The molecular weight excluding hydrogens is 198 g/mol. The zero-order chi connectivity index (χ0) is 13.1. The molecule has 0 heterocycles. The van der Waals surface area contributed by atoms with Gasteiger partial charge in [0, 0.05) is 19.5 Å². The van der Waals surface area contributed by atoms with E-state index in [1.807, 2.05) is 11.9 Å². The summed E-state index contributed by atoms with van der Waals surface area (Å²) in [5.41, 5.74) is 0.383. The van der Waals surface area contributed by atoms with Crippen LogP contribution >= 0.6 is 0 Å². The zero-order valence-electron chi connectivity index (χ0n) is 12.3. The van der Waals surface area contributed by atoms with Gasteiger partial charge in [-0.3, -0.25) is 4.79 Å². The van der Waals surface area contributed by atoms with Crippen LogP contribution in [0, 0.1) is 10.8 Å². The molecule has 0 aromatic heterocycles. The molecule has 1 amide bonds. The molecule has 0 saturated carbocycles. The summed E-state index contributed by atoms with van der Waals surface area (Å²) in [6.45, 7) is 15.2. The Bertz CT molecular complexity index is 232. The van der Waals surface area contributed by atoms with Crippen molar-refractivity contribution in [3.63, 3.8) is 0 Å². The summed E-state index contributed by atoms with van der Waals surface area (Å²) in [6, 6.07) is 0.278. The number of rotatable bonds is 3. The van der Waals surface area contributed by atoms with E-state index in [2.05, 4.69) is 48.5 Å². The molecule has 0 spiro atoms. The Morgan fingerprint density at radius 3 is 1.88 bits per heavy atom. The Balaban J connectivity index is 4.30. The van der Waals surface area contributed by atoms with E-state index in [4.69, 9.17) is 0 Å². The molecule has 0 aliphatic carbocycles. The first-order valence-electron chi connectivity index (χ1n) is 6.21. The predicted octanol–water partition coefficient (Wildman–Crippen LogP) is 3.71. The third kappa shape index (κ3) is 5.53. The maximum atomic E-state index is 12.0. The van der Waals surface area contributed by atoms with E-state index < -0.39 is 0 Å². The van der Waals surface area contributed by atoms with Crippen LogP contribution in [0.1, 0.15) is 61.3 Å². The fraction of sp³-hybridized carbons (Fsp3) is 0.929. The number of amides is 1. The fourth-order valence-corrected chi connectivity index (χ4v) is 1.46. The number of carbonyl (C=O) groups is 1. The molecule has 1 atom stereocenters. The van der Waals surface area contributed by atoms with Crippen LogP contribution in [0.5, 0.6) is 0 Å². The number of carbonyl (C=O) groups excluding carboxylic acids is 1. The van der Waals surface area contributed by atoms with Crippen LogP contribution in [0.2, 0.25) is 0 Å². The third-order valence-electron chi connectivity index (χ3n) is 3.32. The van der Waals surface area contributed by atoms with Gasteiger partial charge in [-0.25, -0.2) is 0 Å². The summed E-state index contributed by atoms with van der Waals surface area (Å²) >= 11 is 0. The second-order valence-electron chi connectivity index (χ2n) is 7.11. The van der Waals surface area contributed by atoms with Crippen LogP contribution in [-0.2, 0) is 4.79 Å². The third-order valence-corrected chi connectivity index (χ3v) is 3.32. The Morgan fingerprint density at radius 2 is 1.56 bits per heavy atom. The maximum Gasteiger partial charge on any atom is 0.222 e. The normalized spacial score (nSPS) is 14.8. The van der Waals surface area contributed by atoms with Crippen LogP contribution in [0.15, 0.2) is 0 Å². The van der Waals surface area contributed by atoms with Gasteiger partial charge in [-0.05, 0) is 24.2 Å². The number of hydrogen-bond acceptors (Lipinski definition) is 1. The van der Waals surface area contributed by atoms with Gasteiger partial charge in [0.15, 0.2) is 0 Å². The molecule has 0 aliphatic heterocycles. The second-order valence-corrected chi connectivity index (χ2v) is 7.11. The lowest BCUT2D eigenvalue weighted by molar-refractivity contribution is -0.134. The Morgan fingerprint density at radius 1 is 1.12 bits per heavy atom. The van der Waals surface area contributed by atoms with Crippen molar-refractivity contribution >= 4 is 5.91 Å². The highest BCUT2D eigenvalue weighted by Gasteiger charge is 2.27. The summed E-state index contributed by atoms with van der Waals surface area (Å²) in [5.74, 6) is 0.261. The van der Waals surface area contributed by atoms with Crippen molar-refractivity contribution in [2.45, 2.75) is 67.3 Å². The van der Waals surface area contributed by atoms with Gasteiger partial charge in [0.1, 0.15) is 0 Å². The van der Waals surface area contributed by atoms with E-state index in [1.165, 1.54) is 0 Å². The molecule has 0 aliphatic rings. The molecule has 2 nitrogen and oxygen atoms in total. The minimum atomic E-state index is 0.145. The highest BCUT2D eigenvalue weighted by Crippen LogP contribution is 2.25. The van der Waals surface area contributed by atoms with Crippen molar-refractivity contribution in [2.24, 2.45) is 10.8 Å². The van der Waals surface area contributed by atoms with Crippen LogP contribution in [0.25, 0.3) is 0 Å². The van der Waals surface area contributed by atoms with E-state index in [0.717, 1.165) is 6.42 Å². The van der Waals surface area contributed by atoms with Gasteiger partial charge in [0.2, 0.25) is 5.91 Å². The summed E-state index contributed by atoms with van der Waals surface area (Å²) in [7, 11) is 1.92. The first-order chi connectivity index (χ1) is 6.95. The zero-order valence-corrected chi connectivity index (χ0v) is 12.3. The number of hydrogen-bond donors (Lipinski definition) is 0. The molecule has 0 fully saturated rings. The molecule has 16 heavy (non-hydrogen) atoms. The Hall–Kier alpha value is -0.530. The Labute approximate surface area is 101 Å². The van der Waals surface area contributed by atoms with Crippen molar-refractivity contribution in [3.8, 4) is 0 Å². The van der Waals surface area contributed by atoms with Crippen LogP contribution in [-0.4, -0.2) is 23.9 Å². The minimum Gasteiger partial charge on any atom is -0.343 e. The molecule has 96 valence electrons. The highest BCUT2D eigenvalue weighted by atomic mass is 16.2. The molecule has 0 unspecified atom stereocenters. The van der Waals surface area contributed by atoms with Crippen molar-refractivity contribution in [3.05, 3.63) is 0 Å². The largest absolute Gasteiger partial charge is 0.343 e. The molecule has 0 rings (SSSR count). The molecule has 2 heteroatoms. The van der Waals surface area contributed by atoms with E-state index in [0.29, 0.717) is 6.42 Å². The molecule has 0 N–H and O–H groups in total. The maximum absolute atomic E-state index is 12.0. The first kappa shape index (κ1) is 15.5. The smallest absolute Gasteiger partial charge is 0.222 e. The van der Waals surface area contributed by atoms with Crippen LogP contribution in [0.3, 0.4) is 0 Å². The van der Waals surface area contributed by atoms with Crippen molar-refractivity contribution in [1.29, 1.82) is 0 Å². The predicted molar refractivity (Wildman–Crippen MR) is 70.4 cm³/mol. The Kier molecular flexibility index (Phi) is 5.03. The van der Waals surface area contributed by atoms with Gasteiger partial charge >= 0.3 is 0 Å². The lowest BCUT2D eigenvalue weighted by Gasteiger charge is -2.35. The van der Waals surface area contributed by atoms with E-state index in [-0.39, 0.29) is 22.8 Å². The van der Waals surface area contributed by atoms with Crippen LogP contribution in [0.4, 0.5) is 0 Å². The minimum absolute atomic E-state index is 0.145. The van der Waals surface area contributed by atoms with Gasteiger partial charge in [-0.2, -0.15) is 0 Å². The highest BCUT2D eigenvalue weighted by molar-refractivity contribution is 5.76. The quantitative estimate of drug-likeness (QED) is 0.720. The van der Waals surface area contributed by atoms with Crippen molar-refractivity contribution in [2.75, 3.05) is 7.05 Å². The van der Waals surface area contributed by atoms with Crippen molar-refractivity contribution in [1.82, 2.24) is 4.90 Å². The molecule has 0 bridgehead atoms. The monoisotopic (exact) mass is 227 g/mol. The fourth-order valence-electron chi connectivity index (χ4n) is 1.46. The number of nitrogens with zero attached hydrogens (tertiary/aromatic N) is 1. The van der Waals surface area contributed by atoms with Gasteiger partial charge in [-0.15, -0.1) is 0 Å². The topological polar surface area (TPSA) is 20.3 Å². The van der Waals surface area contributed by atoms with Gasteiger partial charge in [-0.1, -0.05) is 41.5 Å². The molecule has 0 saturated heterocycles. The summed E-state index contributed by atoms with van der Waals surface area (Å²) in [4.78, 5) is 13.9. The van der Waals surface area contributed by atoms with E-state index >= 15 is 0 Å². The summed E-state index contributed by atoms with van der Waals surface area (Å²) in [6.07, 6.45) is 1.60. The summed E-state index contributed by atoms with van der Waals surface area (Å²) in [5, 5.41) is 0. The van der Waals surface area contributed by atoms with Gasteiger partial charge in [0.05, 0.1) is 0 Å². The molecule has 0 aromatic rings. The molecule has 0 radical (unpaired) electrons. The SMILES string of the molecule is C[C@H](N(C)C(=O)CCC(C)(C)C)C(C)(C)C.